The number of benzene rings is 1. The quantitative estimate of drug-likeness (QED) is 0.394. The van der Waals surface area contributed by atoms with E-state index in [0.29, 0.717) is 24.8 Å². The number of amides is 1. The number of hydrogen-bond donors (Lipinski definition) is 2. The molecule has 2 N–H and O–H groups in total. The molecule has 28 heavy (non-hydrogen) atoms. The van der Waals surface area contributed by atoms with Gasteiger partial charge in [0.2, 0.25) is 12.7 Å². The van der Waals surface area contributed by atoms with Crippen LogP contribution in [0.15, 0.2) is 18.2 Å². The monoisotopic (exact) mass is 391 g/mol. The summed E-state index contributed by atoms with van der Waals surface area (Å²) in [6.07, 6.45) is 1.90. The Bertz CT molecular complexity index is 720. The van der Waals surface area contributed by atoms with E-state index in [9.17, 15) is 19.4 Å². The van der Waals surface area contributed by atoms with E-state index < -0.39 is 31.8 Å². The first-order valence-corrected chi connectivity index (χ1v) is 9.50. The van der Waals surface area contributed by atoms with E-state index in [1.165, 1.54) is 6.07 Å². The SMILES string of the molecule is CCC(=O)NC1Cc2cccc(C(=O)OCOC(=O)C(CC)CC)c2OB1O. The first-order chi connectivity index (χ1) is 13.4. The maximum absolute atomic E-state index is 12.4. The molecule has 1 aliphatic rings. The van der Waals surface area contributed by atoms with Crippen molar-refractivity contribution >= 4 is 25.0 Å². The number of para-hydroxylation sites is 1. The van der Waals surface area contributed by atoms with Crippen molar-refractivity contribution in [1.82, 2.24) is 5.32 Å². The summed E-state index contributed by atoms with van der Waals surface area (Å²) in [5, 5.41) is 12.9. The molecule has 152 valence electrons. The average Bonchev–Trinajstić information content (AvgIpc) is 2.68. The van der Waals surface area contributed by atoms with Crippen LogP contribution in [0.5, 0.6) is 5.75 Å². The highest BCUT2D eigenvalue weighted by molar-refractivity contribution is 6.47. The van der Waals surface area contributed by atoms with Crippen LogP contribution in [0.2, 0.25) is 0 Å². The standard InChI is InChI=1S/C19H26BNO7/c1-4-12(5-2)18(23)26-11-27-19(24)14-9-7-8-13-10-15(21-16(22)6-3)20(25)28-17(13)14/h7-9,12,15,25H,4-6,10-11H2,1-3H3,(H,21,22). The number of ether oxygens (including phenoxy) is 2. The van der Waals surface area contributed by atoms with Crippen molar-refractivity contribution in [3.63, 3.8) is 0 Å². The number of esters is 2. The Labute approximate surface area is 164 Å². The predicted octanol–water partition coefficient (Wildman–Crippen LogP) is 1.63. The molecule has 0 saturated carbocycles. The van der Waals surface area contributed by atoms with E-state index in [4.69, 9.17) is 14.1 Å². The molecule has 0 bridgehead atoms. The molecule has 8 nitrogen and oxygen atoms in total. The second kappa shape index (κ2) is 10.1. The number of hydrogen-bond acceptors (Lipinski definition) is 7. The van der Waals surface area contributed by atoms with Crippen molar-refractivity contribution in [2.75, 3.05) is 6.79 Å². The summed E-state index contributed by atoms with van der Waals surface area (Å²) in [5.74, 6) is -1.96. The molecular formula is C19H26BNO7. The highest BCUT2D eigenvalue weighted by Crippen LogP contribution is 2.30. The van der Waals surface area contributed by atoms with Crippen LogP contribution in [0, 0.1) is 5.92 Å². The Morgan fingerprint density at radius 2 is 1.96 bits per heavy atom. The molecule has 1 atom stereocenters. The van der Waals surface area contributed by atoms with Gasteiger partial charge in [-0.05, 0) is 30.9 Å². The van der Waals surface area contributed by atoms with Crippen LogP contribution in [0.3, 0.4) is 0 Å². The van der Waals surface area contributed by atoms with Gasteiger partial charge < -0.3 is 24.5 Å². The fourth-order valence-corrected chi connectivity index (χ4v) is 2.98. The molecule has 1 aromatic carbocycles. The number of fused-ring (bicyclic) bond motifs is 1. The maximum Gasteiger partial charge on any atom is 0.547 e. The molecule has 0 radical (unpaired) electrons. The molecule has 0 aromatic heterocycles. The van der Waals surface area contributed by atoms with Crippen molar-refractivity contribution in [3.8, 4) is 5.75 Å². The topological polar surface area (TPSA) is 111 Å². The molecule has 2 rings (SSSR count). The normalized spacial score (nSPS) is 15.5. The molecule has 0 aliphatic carbocycles. The summed E-state index contributed by atoms with van der Waals surface area (Å²) in [7, 11) is -1.29. The minimum atomic E-state index is -1.29. The molecule has 1 unspecified atom stereocenters. The first-order valence-electron chi connectivity index (χ1n) is 9.50. The molecule has 0 saturated heterocycles. The molecule has 0 fully saturated rings. The van der Waals surface area contributed by atoms with E-state index in [0.717, 1.165) is 0 Å². The molecule has 1 aliphatic heterocycles. The van der Waals surface area contributed by atoms with Gasteiger partial charge in [-0.1, -0.05) is 32.9 Å². The summed E-state index contributed by atoms with van der Waals surface area (Å²) in [4.78, 5) is 35.8. The van der Waals surface area contributed by atoms with Crippen molar-refractivity contribution in [2.45, 2.75) is 52.4 Å². The van der Waals surface area contributed by atoms with E-state index in [2.05, 4.69) is 5.32 Å². The lowest BCUT2D eigenvalue weighted by Crippen LogP contribution is -2.53. The summed E-state index contributed by atoms with van der Waals surface area (Å²) in [6, 6.07) is 4.91. The van der Waals surface area contributed by atoms with E-state index in [-0.39, 0.29) is 29.6 Å². The number of nitrogens with one attached hydrogen (secondary N) is 1. The Kier molecular flexibility index (Phi) is 7.86. The molecule has 1 amide bonds. The van der Waals surface area contributed by atoms with Gasteiger partial charge in [0.25, 0.3) is 0 Å². The van der Waals surface area contributed by atoms with Gasteiger partial charge in [-0.15, -0.1) is 0 Å². The fraction of sp³-hybridized carbons (Fsp3) is 0.526. The zero-order chi connectivity index (χ0) is 20.7. The van der Waals surface area contributed by atoms with Gasteiger partial charge in [0.1, 0.15) is 11.3 Å². The lowest BCUT2D eigenvalue weighted by atomic mass is 9.72. The van der Waals surface area contributed by atoms with Crippen molar-refractivity contribution < 1.29 is 33.5 Å². The minimum absolute atomic E-state index is 0.121. The van der Waals surface area contributed by atoms with Gasteiger partial charge in [0.15, 0.2) is 0 Å². The van der Waals surface area contributed by atoms with E-state index in [1.807, 2.05) is 13.8 Å². The van der Waals surface area contributed by atoms with E-state index in [1.54, 1.807) is 19.1 Å². The number of rotatable bonds is 8. The van der Waals surface area contributed by atoms with Crippen LogP contribution in [0.4, 0.5) is 0 Å². The highest BCUT2D eigenvalue weighted by Gasteiger charge is 2.37. The zero-order valence-corrected chi connectivity index (χ0v) is 16.4. The molecule has 0 spiro atoms. The third kappa shape index (κ3) is 5.25. The predicted molar refractivity (Wildman–Crippen MR) is 101 cm³/mol. The lowest BCUT2D eigenvalue weighted by Gasteiger charge is -2.29. The van der Waals surface area contributed by atoms with Crippen LogP contribution in [-0.4, -0.2) is 42.7 Å². The fourth-order valence-electron chi connectivity index (χ4n) is 2.98. The molecule has 9 heteroatoms. The minimum Gasteiger partial charge on any atom is -0.534 e. The first kappa shape index (κ1) is 21.8. The number of carbonyl (C=O) groups is 3. The molecule has 1 aromatic rings. The van der Waals surface area contributed by atoms with E-state index >= 15 is 0 Å². The second-order valence-corrected chi connectivity index (χ2v) is 6.56. The Morgan fingerprint density at radius 1 is 1.25 bits per heavy atom. The van der Waals surface area contributed by atoms with Gasteiger partial charge in [-0.2, -0.15) is 0 Å². The molecular weight excluding hydrogens is 365 g/mol. The summed E-state index contributed by atoms with van der Waals surface area (Å²) in [6.45, 7) is 4.99. The van der Waals surface area contributed by atoms with Gasteiger partial charge in [0, 0.05) is 6.42 Å². The maximum atomic E-state index is 12.4. The van der Waals surface area contributed by atoms with Gasteiger partial charge in [-0.3, -0.25) is 9.59 Å². The Balaban J connectivity index is 2.02. The third-order valence-electron chi connectivity index (χ3n) is 4.72. The van der Waals surface area contributed by atoms with Crippen LogP contribution in [0.25, 0.3) is 0 Å². The largest absolute Gasteiger partial charge is 0.547 e. The van der Waals surface area contributed by atoms with Crippen molar-refractivity contribution in [1.29, 1.82) is 0 Å². The third-order valence-corrected chi connectivity index (χ3v) is 4.72. The van der Waals surface area contributed by atoms with Gasteiger partial charge in [0.05, 0.1) is 11.9 Å². The summed E-state index contributed by atoms with van der Waals surface area (Å²) in [5.41, 5.74) is 0.783. The van der Waals surface area contributed by atoms with Gasteiger partial charge in [-0.25, -0.2) is 4.79 Å². The summed E-state index contributed by atoms with van der Waals surface area (Å²) < 4.78 is 15.5. The van der Waals surface area contributed by atoms with Crippen LogP contribution in [0.1, 0.15) is 56.0 Å². The van der Waals surface area contributed by atoms with Crippen LogP contribution >= 0.6 is 0 Å². The summed E-state index contributed by atoms with van der Waals surface area (Å²) >= 11 is 0. The molecule has 1 heterocycles. The number of carbonyl (C=O) groups excluding carboxylic acids is 3. The highest BCUT2D eigenvalue weighted by atomic mass is 16.7. The Morgan fingerprint density at radius 3 is 2.61 bits per heavy atom. The second-order valence-electron chi connectivity index (χ2n) is 6.56. The van der Waals surface area contributed by atoms with Crippen molar-refractivity contribution in [2.24, 2.45) is 5.92 Å². The van der Waals surface area contributed by atoms with Crippen LogP contribution < -0.4 is 9.97 Å². The van der Waals surface area contributed by atoms with Crippen molar-refractivity contribution in [3.05, 3.63) is 29.3 Å². The zero-order valence-electron chi connectivity index (χ0n) is 16.4. The average molecular weight is 391 g/mol. The van der Waals surface area contributed by atoms with Gasteiger partial charge >= 0.3 is 19.1 Å². The smallest absolute Gasteiger partial charge is 0.534 e. The Hall–Kier alpha value is -2.55. The van der Waals surface area contributed by atoms with Crippen LogP contribution in [-0.2, 0) is 25.5 Å². The lowest BCUT2D eigenvalue weighted by molar-refractivity contribution is -0.157.